The van der Waals surface area contributed by atoms with Crippen molar-refractivity contribution >= 4 is 29.3 Å². The predicted molar refractivity (Wildman–Crippen MR) is 79.2 cm³/mol. The Hall–Kier alpha value is -1.52. The molecule has 104 valence electrons. The van der Waals surface area contributed by atoms with Gasteiger partial charge in [-0.3, -0.25) is 0 Å². The first kappa shape index (κ1) is 15.5. The molecule has 0 saturated heterocycles. The van der Waals surface area contributed by atoms with Crippen LogP contribution in [0.2, 0.25) is 0 Å². The van der Waals surface area contributed by atoms with Crippen LogP contribution in [0.4, 0.5) is 0 Å². The normalized spacial score (nSPS) is 12.2. The number of aryl methyl sites for hydroxylation is 1. The first-order chi connectivity index (χ1) is 8.52. The van der Waals surface area contributed by atoms with Crippen LogP contribution in [0, 0.1) is 6.92 Å². The van der Waals surface area contributed by atoms with Crippen molar-refractivity contribution in [2.24, 2.45) is 5.73 Å². The first-order valence-electron chi connectivity index (χ1n) is 6.13. The van der Waals surface area contributed by atoms with Gasteiger partial charge in [-0.15, -0.1) is 12.4 Å². The van der Waals surface area contributed by atoms with E-state index in [-0.39, 0.29) is 24.1 Å². The summed E-state index contributed by atoms with van der Waals surface area (Å²) in [6, 6.07) is 5.88. The van der Waals surface area contributed by atoms with E-state index in [1.807, 2.05) is 32.0 Å². The highest BCUT2D eigenvalue weighted by molar-refractivity contribution is 5.97. The van der Waals surface area contributed by atoms with Gasteiger partial charge in [-0.1, -0.05) is 18.6 Å². The average Bonchev–Trinajstić information content (AvgIpc) is 2.67. The Kier molecular flexibility index (Phi) is 4.97. The van der Waals surface area contributed by atoms with E-state index < -0.39 is 5.97 Å². The number of nitrogens with two attached hydrogens (primary N) is 1. The molecule has 0 fully saturated rings. The minimum Gasteiger partial charge on any atom is -0.477 e. The molecule has 4 nitrogen and oxygen atoms in total. The molecule has 5 heteroatoms. The lowest BCUT2D eigenvalue weighted by Crippen LogP contribution is -2.22. The van der Waals surface area contributed by atoms with E-state index in [1.54, 1.807) is 0 Å². The second-order valence-corrected chi connectivity index (χ2v) is 4.71. The number of carboxylic acid groups (broad SMARTS) is 1. The third-order valence-corrected chi connectivity index (χ3v) is 3.27. The maximum Gasteiger partial charge on any atom is 0.352 e. The Balaban J connectivity index is 0.00000180. The Labute approximate surface area is 118 Å². The molecule has 19 heavy (non-hydrogen) atoms. The molecule has 2 rings (SSSR count). The Bertz CT molecular complexity index is 592. The number of hydrogen-bond donors (Lipinski definition) is 3. The number of halogens is 1. The summed E-state index contributed by atoms with van der Waals surface area (Å²) < 4.78 is 0. The number of aromatic amines is 1. The number of aromatic nitrogens is 1. The fraction of sp³-hybridized carbons (Fsp3) is 0.357. The molecule has 1 aromatic carbocycles. The molecule has 0 aliphatic heterocycles. The molecule has 0 radical (unpaired) electrons. The molecule has 0 aliphatic rings. The lowest BCUT2D eigenvalue weighted by Gasteiger charge is -2.08. The van der Waals surface area contributed by atoms with Crippen LogP contribution in [0.5, 0.6) is 0 Å². The van der Waals surface area contributed by atoms with Crippen molar-refractivity contribution in [1.29, 1.82) is 0 Å². The fourth-order valence-corrected chi connectivity index (χ4v) is 2.16. The second-order valence-electron chi connectivity index (χ2n) is 4.71. The molecule has 2 aromatic rings. The maximum atomic E-state index is 11.3. The predicted octanol–water partition coefficient (Wildman–Crippen LogP) is 2.88. The minimum atomic E-state index is -0.929. The quantitative estimate of drug-likeness (QED) is 0.807. The number of benzene rings is 1. The highest BCUT2D eigenvalue weighted by Crippen LogP contribution is 2.25. The zero-order valence-electron chi connectivity index (χ0n) is 11.1. The molecule has 0 amide bonds. The number of H-pyrrole nitrogens is 1. The van der Waals surface area contributed by atoms with Gasteiger partial charge in [-0.05, 0) is 37.5 Å². The average molecular weight is 283 g/mol. The van der Waals surface area contributed by atoms with Gasteiger partial charge in [0.2, 0.25) is 0 Å². The van der Waals surface area contributed by atoms with Crippen LogP contribution >= 0.6 is 12.4 Å². The molecule has 0 spiro atoms. The summed E-state index contributed by atoms with van der Waals surface area (Å²) in [5.41, 5.74) is 9.01. The maximum absolute atomic E-state index is 11.3. The number of carboxylic acids is 1. The second kappa shape index (κ2) is 6.08. The van der Waals surface area contributed by atoms with Crippen molar-refractivity contribution in [3.63, 3.8) is 0 Å². The zero-order chi connectivity index (χ0) is 13.3. The minimum absolute atomic E-state index is 0. The summed E-state index contributed by atoms with van der Waals surface area (Å²) in [6.45, 7) is 4.00. The Morgan fingerprint density at radius 1 is 1.47 bits per heavy atom. The number of fused-ring (bicyclic) bond motifs is 1. The summed E-state index contributed by atoms with van der Waals surface area (Å²) in [5.74, 6) is -0.929. The number of rotatable bonds is 4. The van der Waals surface area contributed by atoms with Crippen LogP contribution in [0.1, 0.15) is 35.0 Å². The highest BCUT2D eigenvalue weighted by Gasteiger charge is 2.18. The topological polar surface area (TPSA) is 79.1 Å². The van der Waals surface area contributed by atoms with Gasteiger partial charge < -0.3 is 15.8 Å². The lowest BCUT2D eigenvalue weighted by atomic mass is 10.0. The molecule has 0 saturated carbocycles. The van der Waals surface area contributed by atoms with E-state index in [0.29, 0.717) is 6.42 Å². The van der Waals surface area contributed by atoms with Crippen LogP contribution < -0.4 is 5.73 Å². The monoisotopic (exact) mass is 282 g/mol. The summed E-state index contributed by atoms with van der Waals surface area (Å²) in [4.78, 5) is 14.2. The van der Waals surface area contributed by atoms with E-state index in [2.05, 4.69) is 4.98 Å². The van der Waals surface area contributed by atoms with E-state index in [0.717, 1.165) is 28.5 Å². The number of hydrogen-bond acceptors (Lipinski definition) is 2. The van der Waals surface area contributed by atoms with Gasteiger partial charge in [0.15, 0.2) is 0 Å². The van der Waals surface area contributed by atoms with Gasteiger partial charge in [0.1, 0.15) is 5.69 Å². The number of carbonyl (C=O) groups is 1. The van der Waals surface area contributed by atoms with Crippen molar-refractivity contribution in [1.82, 2.24) is 4.98 Å². The summed E-state index contributed by atoms with van der Waals surface area (Å²) in [5, 5.41) is 10.2. The summed E-state index contributed by atoms with van der Waals surface area (Å²) in [6.07, 6.45) is 1.42. The molecule has 4 N–H and O–H groups in total. The van der Waals surface area contributed by atoms with Gasteiger partial charge >= 0.3 is 5.97 Å². The fourth-order valence-electron chi connectivity index (χ4n) is 2.16. The van der Waals surface area contributed by atoms with Crippen LogP contribution in [-0.4, -0.2) is 22.1 Å². The summed E-state index contributed by atoms with van der Waals surface area (Å²) in [7, 11) is 0. The largest absolute Gasteiger partial charge is 0.477 e. The summed E-state index contributed by atoms with van der Waals surface area (Å²) >= 11 is 0. The van der Waals surface area contributed by atoms with Gasteiger partial charge in [-0.2, -0.15) is 0 Å². The van der Waals surface area contributed by atoms with Crippen molar-refractivity contribution in [2.75, 3.05) is 0 Å². The van der Waals surface area contributed by atoms with Crippen molar-refractivity contribution < 1.29 is 9.90 Å². The standard InChI is InChI=1S/C14H18N2O2.ClH/c1-3-9(15)7-11-10-6-8(2)4-5-12(10)16-13(11)14(17)18;/h4-6,9,16H,3,7,15H2,1-2H3,(H,17,18);1H. The van der Waals surface area contributed by atoms with Crippen LogP contribution in [0.3, 0.4) is 0 Å². The zero-order valence-corrected chi connectivity index (χ0v) is 11.9. The van der Waals surface area contributed by atoms with Gasteiger partial charge in [0, 0.05) is 16.9 Å². The molecule has 0 aliphatic carbocycles. The molecular weight excluding hydrogens is 264 g/mol. The van der Waals surface area contributed by atoms with Crippen LogP contribution in [0.15, 0.2) is 18.2 Å². The smallest absolute Gasteiger partial charge is 0.352 e. The van der Waals surface area contributed by atoms with E-state index in [9.17, 15) is 9.90 Å². The highest BCUT2D eigenvalue weighted by atomic mass is 35.5. The molecule has 1 atom stereocenters. The Morgan fingerprint density at radius 3 is 2.74 bits per heavy atom. The van der Waals surface area contributed by atoms with E-state index >= 15 is 0 Å². The van der Waals surface area contributed by atoms with Crippen LogP contribution in [-0.2, 0) is 6.42 Å². The molecule has 1 aromatic heterocycles. The van der Waals surface area contributed by atoms with E-state index in [1.165, 1.54) is 0 Å². The molecule has 0 bridgehead atoms. The van der Waals surface area contributed by atoms with Gasteiger partial charge in [0.05, 0.1) is 0 Å². The third kappa shape index (κ3) is 3.08. The number of aromatic carboxylic acids is 1. The van der Waals surface area contributed by atoms with Gasteiger partial charge in [-0.25, -0.2) is 4.79 Å². The Morgan fingerprint density at radius 2 is 2.16 bits per heavy atom. The van der Waals surface area contributed by atoms with Crippen molar-refractivity contribution in [3.05, 3.63) is 35.0 Å². The molecule has 1 heterocycles. The molecular formula is C14H19ClN2O2. The SMILES string of the molecule is CCC(N)Cc1c(C(=O)O)[nH]c2ccc(C)cc12.Cl. The van der Waals surface area contributed by atoms with Gasteiger partial charge in [0.25, 0.3) is 0 Å². The third-order valence-electron chi connectivity index (χ3n) is 3.27. The number of nitrogens with one attached hydrogen (secondary N) is 1. The van der Waals surface area contributed by atoms with Crippen molar-refractivity contribution in [3.8, 4) is 0 Å². The van der Waals surface area contributed by atoms with Crippen molar-refractivity contribution in [2.45, 2.75) is 32.7 Å². The lowest BCUT2D eigenvalue weighted by molar-refractivity contribution is 0.0690. The first-order valence-corrected chi connectivity index (χ1v) is 6.13. The molecule has 1 unspecified atom stereocenters. The van der Waals surface area contributed by atoms with Crippen LogP contribution in [0.25, 0.3) is 10.9 Å². The van der Waals surface area contributed by atoms with E-state index in [4.69, 9.17) is 5.73 Å².